The number of hydrogen-bond donors (Lipinski definition) is 3. The molecule has 1 aromatic heterocycles. The molecule has 158 valence electrons. The summed E-state index contributed by atoms with van der Waals surface area (Å²) in [7, 11) is 1.20. The van der Waals surface area contributed by atoms with E-state index in [0.29, 0.717) is 11.1 Å². The number of nitrogens with one attached hydrogen (secondary N) is 2. The standard InChI is InChI=1S/C22H19N3O6/c1-31-22(29)18(25-20(27)14-4-2-3-5-15(14)21(25)28)10-13-11-23-17-7-6-12(8-16(13)17)9-19(26)24-30/h2-8,11,18,23,30H,9-10H2,1H3,(H,24,26)/t18-/m0/s1. The number of carbonyl (C=O) groups is 4. The van der Waals surface area contributed by atoms with Gasteiger partial charge in [0.1, 0.15) is 6.04 Å². The first-order valence-electron chi connectivity index (χ1n) is 9.51. The third-order valence-corrected chi connectivity index (χ3v) is 5.34. The number of fused-ring (bicyclic) bond motifs is 2. The first-order chi connectivity index (χ1) is 14.9. The number of benzene rings is 2. The minimum atomic E-state index is -1.15. The van der Waals surface area contributed by atoms with Crippen molar-refractivity contribution in [2.45, 2.75) is 18.9 Å². The lowest BCUT2D eigenvalue weighted by molar-refractivity contribution is -0.145. The monoisotopic (exact) mass is 421 g/mol. The van der Waals surface area contributed by atoms with Crippen LogP contribution in [0.2, 0.25) is 0 Å². The molecular weight excluding hydrogens is 402 g/mol. The second-order valence-corrected chi connectivity index (χ2v) is 7.17. The van der Waals surface area contributed by atoms with Crippen molar-refractivity contribution >= 4 is 34.6 Å². The molecule has 0 radical (unpaired) electrons. The lowest BCUT2D eigenvalue weighted by Crippen LogP contribution is -2.46. The Labute approximate surface area is 176 Å². The number of nitrogens with zero attached hydrogens (tertiary/aromatic N) is 1. The fourth-order valence-corrected chi connectivity index (χ4v) is 3.84. The zero-order chi connectivity index (χ0) is 22.1. The van der Waals surface area contributed by atoms with Gasteiger partial charge in [-0.2, -0.15) is 0 Å². The number of hydroxylamine groups is 1. The van der Waals surface area contributed by atoms with Gasteiger partial charge in [0.2, 0.25) is 5.91 Å². The van der Waals surface area contributed by atoms with Crippen molar-refractivity contribution in [1.82, 2.24) is 15.4 Å². The summed E-state index contributed by atoms with van der Waals surface area (Å²) in [5, 5.41) is 9.48. The molecule has 1 aliphatic heterocycles. The highest BCUT2D eigenvalue weighted by Crippen LogP contribution is 2.28. The zero-order valence-electron chi connectivity index (χ0n) is 16.5. The van der Waals surface area contributed by atoms with Crippen molar-refractivity contribution in [2.75, 3.05) is 7.11 Å². The fourth-order valence-electron chi connectivity index (χ4n) is 3.84. The van der Waals surface area contributed by atoms with E-state index in [1.807, 2.05) is 0 Å². The second kappa shape index (κ2) is 8.04. The van der Waals surface area contributed by atoms with Crippen LogP contribution in [0, 0.1) is 0 Å². The van der Waals surface area contributed by atoms with Gasteiger partial charge >= 0.3 is 5.97 Å². The molecule has 1 atom stereocenters. The van der Waals surface area contributed by atoms with Gasteiger partial charge in [0, 0.05) is 23.5 Å². The van der Waals surface area contributed by atoms with Crippen LogP contribution in [0.3, 0.4) is 0 Å². The minimum Gasteiger partial charge on any atom is -0.467 e. The van der Waals surface area contributed by atoms with Gasteiger partial charge in [0.25, 0.3) is 11.8 Å². The van der Waals surface area contributed by atoms with Gasteiger partial charge in [0.05, 0.1) is 24.7 Å². The highest BCUT2D eigenvalue weighted by Gasteiger charge is 2.43. The van der Waals surface area contributed by atoms with Crippen molar-refractivity contribution < 1.29 is 29.1 Å². The summed E-state index contributed by atoms with van der Waals surface area (Å²) >= 11 is 0. The van der Waals surface area contributed by atoms with Gasteiger partial charge < -0.3 is 9.72 Å². The number of amides is 3. The smallest absolute Gasteiger partial charge is 0.329 e. The number of ether oxygens (including phenoxy) is 1. The Morgan fingerprint density at radius 3 is 2.42 bits per heavy atom. The van der Waals surface area contributed by atoms with Gasteiger partial charge in [-0.25, -0.2) is 10.3 Å². The van der Waals surface area contributed by atoms with E-state index in [2.05, 4.69) is 4.98 Å². The van der Waals surface area contributed by atoms with Crippen molar-refractivity contribution in [3.8, 4) is 0 Å². The third-order valence-electron chi connectivity index (χ3n) is 5.34. The molecule has 0 aliphatic carbocycles. The number of esters is 1. The first kappa shape index (κ1) is 20.3. The van der Waals surface area contributed by atoms with Crippen molar-refractivity contribution in [3.05, 3.63) is 70.9 Å². The Hall–Kier alpha value is -3.98. The van der Waals surface area contributed by atoms with E-state index in [-0.39, 0.29) is 24.0 Å². The van der Waals surface area contributed by atoms with Crippen LogP contribution in [0.15, 0.2) is 48.7 Å². The highest BCUT2D eigenvalue weighted by atomic mass is 16.5. The van der Waals surface area contributed by atoms with Gasteiger partial charge in [-0.15, -0.1) is 0 Å². The van der Waals surface area contributed by atoms with E-state index >= 15 is 0 Å². The average Bonchev–Trinajstić information content (AvgIpc) is 3.30. The molecule has 0 saturated carbocycles. The number of rotatable bonds is 6. The van der Waals surface area contributed by atoms with E-state index in [4.69, 9.17) is 9.94 Å². The molecular formula is C22H19N3O6. The number of carbonyl (C=O) groups excluding carboxylic acids is 4. The molecule has 2 heterocycles. The molecule has 31 heavy (non-hydrogen) atoms. The van der Waals surface area contributed by atoms with Crippen LogP contribution in [0.5, 0.6) is 0 Å². The van der Waals surface area contributed by atoms with Crippen LogP contribution in [0.25, 0.3) is 10.9 Å². The van der Waals surface area contributed by atoms with Crippen molar-refractivity contribution in [3.63, 3.8) is 0 Å². The predicted molar refractivity (Wildman–Crippen MR) is 108 cm³/mol. The second-order valence-electron chi connectivity index (χ2n) is 7.17. The lowest BCUT2D eigenvalue weighted by Gasteiger charge is -2.23. The van der Waals surface area contributed by atoms with Crippen LogP contribution in [-0.2, 0) is 27.2 Å². The molecule has 0 fully saturated rings. The quantitative estimate of drug-likeness (QED) is 0.240. The SMILES string of the molecule is COC(=O)[C@H](Cc1c[nH]c2ccc(CC(=O)NO)cc12)N1C(=O)c2ccccc2C1=O. The van der Waals surface area contributed by atoms with Gasteiger partial charge in [0.15, 0.2) is 0 Å². The van der Waals surface area contributed by atoms with Crippen LogP contribution < -0.4 is 5.48 Å². The minimum absolute atomic E-state index is 0.0318. The summed E-state index contributed by atoms with van der Waals surface area (Å²) in [6.07, 6.45) is 1.69. The van der Waals surface area contributed by atoms with Crippen LogP contribution in [-0.4, -0.2) is 51.9 Å². The number of imide groups is 1. The maximum atomic E-state index is 12.9. The number of aromatic nitrogens is 1. The molecule has 0 saturated heterocycles. The maximum Gasteiger partial charge on any atom is 0.329 e. The Bertz CT molecular complexity index is 1180. The Kier molecular flexibility index (Phi) is 5.26. The number of hydrogen-bond acceptors (Lipinski definition) is 6. The molecule has 3 amide bonds. The lowest BCUT2D eigenvalue weighted by atomic mass is 10.0. The van der Waals surface area contributed by atoms with Crippen LogP contribution in [0.4, 0.5) is 0 Å². The summed E-state index contributed by atoms with van der Waals surface area (Å²) < 4.78 is 4.90. The zero-order valence-corrected chi connectivity index (χ0v) is 16.5. The molecule has 0 unspecified atom stereocenters. The topological polar surface area (TPSA) is 129 Å². The summed E-state index contributed by atoms with van der Waals surface area (Å²) in [5.41, 5.74) is 4.17. The first-order valence-corrected chi connectivity index (χ1v) is 9.51. The predicted octanol–water partition coefficient (Wildman–Crippen LogP) is 1.60. The molecule has 0 bridgehead atoms. The van der Waals surface area contributed by atoms with Gasteiger partial charge in [-0.1, -0.05) is 18.2 Å². The van der Waals surface area contributed by atoms with Gasteiger partial charge in [-0.3, -0.25) is 24.5 Å². The number of methoxy groups -OCH3 is 1. The molecule has 0 spiro atoms. The highest BCUT2D eigenvalue weighted by molar-refractivity contribution is 6.22. The van der Waals surface area contributed by atoms with Crippen LogP contribution >= 0.6 is 0 Å². The third kappa shape index (κ3) is 3.55. The molecule has 4 rings (SSSR count). The van der Waals surface area contributed by atoms with E-state index in [1.54, 1.807) is 54.1 Å². The molecule has 3 N–H and O–H groups in total. The maximum absolute atomic E-state index is 12.9. The summed E-state index contributed by atoms with van der Waals surface area (Å²) in [5.74, 6) is -2.36. The Morgan fingerprint density at radius 1 is 1.13 bits per heavy atom. The summed E-state index contributed by atoms with van der Waals surface area (Å²) in [6, 6.07) is 10.5. The summed E-state index contributed by atoms with van der Waals surface area (Å²) in [4.78, 5) is 53.9. The molecule has 3 aromatic rings. The average molecular weight is 421 g/mol. The van der Waals surface area contributed by atoms with Gasteiger partial charge in [-0.05, 0) is 35.4 Å². The largest absolute Gasteiger partial charge is 0.467 e. The molecule has 9 heteroatoms. The van der Waals surface area contributed by atoms with Crippen molar-refractivity contribution in [2.24, 2.45) is 0 Å². The Balaban J connectivity index is 1.70. The molecule has 2 aromatic carbocycles. The molecule has 9 nitrogen and oxygen atoms in total. The molecule has 1 aliphatic rings. The van der Waals surface area contributed by atoms with Crippen molar-refractivity contribution in [1.29, 1.82) is 0 Å². The summed E-state index contributed by atoms with van der Waals surface area (Å²) in [6.45, 7) is 0. The number of H-pyrrole nitrogens is 1. The van der Waals surface area contributed by atoms with E-state index in [1.165, 1.54) is 7.11 Å². The van der Waals surface area contributed by atoms with E-state index in [0.717, 1.165) is 15.8 Å². The van der Waals surface area contributed by atoms with Crippen LogP contribution in [0.1, 0.15) is 31.8 Å². The number of aromatic amines is 1. The Morgan fingerprint density at radius 2 is 1.81 bits per heavy atom. The van der Waals surface area contributed by atoms with E-state index in [9.17, 15) is 19.2 Å². The normalized spacial score (nSPS) is 13.9. The fraction of sp³-hybridized carbons (Fsp3) is 0.182. The van der Waals surface area contributed by atoms with E-state index < -0.39 is 29.7 Å².